The molecule has 0 fully saturated rings. The number of alkyl halides is 9. The van der Waals surface area contributed by atoms with Gasteiger partial charge in [0.15, 0.2) is 0 Å². The summed E-state index contributed by atoms with van der Waals surface area (Å²) >= 11 is 0. The standard InChI is InChI=1S/C37H37F10NO8/c1-7-53-32(49)31(33(50)54-8-2)56-34(51)55-30(20-11-23(36(42,43)44)14-24(12-20)37(45,46)47)19(5)48-17-21-13-22(35(39,40)41)9-10-25(21)27-15-26(18(3)4)28(38)16-29(27)52-6/h9-16,18-19,30-31,48H,7-8,17H2,1-6H3/t19-,30-/m0/s1. The number of ether oxygens (including phenoxy) is 5. The SMILES string of the molecule is CCOC(=O)C(OC(=O)O[C@H](c1cc(C(F)(F)F)cc(C(F)(F)F)c1)[C@H](C)NCc1cc(C(F)(F)F)ccc1-c1cc(C(C)C)c(F)cc1OC)C(=O)OCC. The lowest BCUT2D eigenvalue weighted by molar-refractivity contribution is -0.171. The molecule has 0 unspecified atom stereocenters. The van der Waals surface area contributed by atoms with Gasteiger partial charge in [0, 0.05) is 24.2 Å². The zero-order valence-electron chi connectivity index (χ0n) is 30.6. The minimum Gasteiger partial charge on any atom is -0.496 e. The van der Waals surface area contributed by atoms with E-state index in [2.05, 4.69) is 14.8 Å². The maximum absolute atomic E-state index is 14.9. The van der Waals surface area contributed by atoms with Crippen LogP contribution >= 0.6 is 0 Å². The summed E-state index contributed by atoms with van der Waals surface area (Å²) in [5.41, 5.74) is -5.45. The average Bonchev–Trinajstić information content (AvgIpc) is 3.10. The smallest absolute Gasteiger partial charge is 0.496 e. The van der Waals surface area contributed by atoms with Crippen molar-refractivity contribution in [3.05, 3.63) is 87.7 Å². The topological polar surface area (TPSA) is 109 Å². The molecule has 0 heterocycles. The predicted octanol–water partition coefficient (Wildman–Crippen LogP) is 9.55. The van der Waals surface area contributed by atoms with Gasteiger partial charge in [0.05, 0.1) is 37.0 Å². The van der Waals surface area contributed by atoms with E-state index < -0.39 is 95.4 Å². The first-order valence-electron chi connectivity index (χ1n) is 16.7. The Balaban J connectivity index is 2.18. The molecule has 56 heavy (non-hydrogen) atoms. The Morgan fingerprint density at radius 2 is 1.23 bits per heavy atom. The number of methoxy groups -OCH3 is 1. The van der Waals surface area contributed by atoms with Crippen LogP contribution in [-0.2, 0) is 53.6 Å². The molecule has 0 aromatic heterocycles. The lowest BCUT2D eigenvalue weighted by Gasteiger charge is -2.28. The summed E-state index contributed by atoms with van der Waals surface area (Å²) in [7, 11) is 1.19. The number of rotatable bonds is 14. The number of carbonyl (C=O) groups excluding carboxylic acids is 3. The van der Waals surface area contributed by atoms with Crippen LogP contribution in [-0.4, -0.2) is 50.6 Å². The molecule has 9 nitrogen and oxygen atoms in total. The molecular weight excluding hydrogens is 776 g/mol. The Morgan fingerprint density at radius 1 is 0.696 bits per heavy atom. The third-order valence-corrected chi connectivity index (χ3v) is 8.11. The summed E-state index contributed by atoms with van der Waals surface area (Å²) in [4.78, 5) is 37.9. The fourth-order valence-electron chi connectivity index (χ4n) is 5.41. The van der Waals surface area contributed by atoms with E-state index in [1.54, 1.807) is 13.8 Å². The van der Waals surface area contributed by atoms with E-state index in [1.807, 2.05) is 0 Å². The second-order valence-corrected chi connectivity index (χ2v) is 12.4. The van der Waals surface area contributed by atoms with Gasteiger partial charge >= 0.3 is 36.6 Å². The quantitative estimate of drug-likeness (QED) is 0.0737. The molecule has 0 saturated carbocycles. The van der Waals surface area contributed by atoms with E-state index in [4.69, 9.17) is 14.2 Å². The molecule has 0 amide bonds. The van der Waals surface area contributed by atoms with Gasteiger partial charge in [-0.05, 0) is 85.3 Å². The molecule has 19 heteroatoms. The molecule has 308 valence electrons. The third kappa shape index (κ3) is 11.5. The molecule has 0 bridgehead atoms. The minimum absolute atomic E-state index is 0.0680. The number of benzene rings is 3. The van der Waals surface area contributed by atoms with Gasteiger partial charge in [-0.3, -0.25) is 0 Å². The van der Waals surface area contributed by atoms with E-state index in [0.717, 1.165) is 25.1 Å². The number of hydrogen-bond donors (Lipinski definition) is 1. The van der Waals surface area contributed by atoms with Gasteiger partial charge < -0.3 is 29.0 Å². The van der Waals surface area contributed by atoms with Crippen molar-refractivity contribution >= 4 is 18.1 Å². The van der Waals surface area contributed by atoms with Gasteiger partial charge in [-0.15, -0.1) is 0 Å². The largest absolute Gasteiger partial charge is 0.510 e. The van der Waals surface area contributed by atoms with Crippen LogP contribution in [0.15, 0.2) is 48.5 Å². The molecule has 0 aliphatic carbocycles. The lowest BCUT2D eigenvalue weighted by atomic mass is 9.92. The van der Waals surface area contributed by atoms with Gasteiger partial charge in [-0.1, -0.05) is 19.9 Å². The fraction of sp³-hybridized carbons (Fsp3) is 0.432. The van der Waals surface area contributed by atoms with Gasteiger partial charge in [-0.2, -0.15) is 39.5 Å². The third-order valence-electron chi connectivity index (χ3n) is 8.11. The highest BCUT2D eigenvalue weighted by Crippen LogP contribution is 2.41. The van der Waals surface area contributed by atoms with Crippen molar-refractivity contribution in [1.82, 2.24) is 5.32 Å². The summed E-state index contributed by atoms with van der Waals surface area (Å²) < 4.78 is 165. The van der Waals surface area contributed by atoms with E-state index in [9.17, 15) is 58.3 Å². The normalized spacial score (nSPS) is 13.3. The second kappa shape index (κ2) is 18.3. The summed E-state index contributed by atoms with van der Waals surface area (Å²) in [5.74, 6) is -4.03. The van der Waals surface area contributed by atoms with Crippen LogP contribution in [0.3, 0.4) is 0 Å². The molecule has 0 radical (unpaired) electrons. The Morgan fingerprint density at radius 3 is 1.70 bits per heavy atom. The van der Waals surface area contributed by atoms with Gasteiger partial charge in [0.1, 0.15) is 17.7 Å². The molecule has 3 aromatic rings. The van der Waals surface area contributed by atoms with Gasteiger partial charge in [0.2, 0.25) is 0 Å². The maximum atomic E-state index is 14.9. The average molecular weight is 814 g/mol. The van der Waals surface area contributed by atoms with E-state index in [1.165, 1.54) is 27.0 Å². The van der Waals surface area contributed by atoms with Crippen molar-refractivity contribution in [3.8, 4) is 16.9 Å². The Kier molecular flexibility index (Phi) is 14.8. The Bertz CT molecular complexity index is 1830. The zero-order valence-corrected chi connectivity index (χ0v) is 30.6. The minimum atomic E-state index is -5.35. The van der Waals surface area contributed by atoms with Crippen LogP contribution < -0.4 is 10.1 Å². The zero-order chi connectivity index (χ0) is 42.3. The first-order chi connectivity index (χ1) is 25.9. The van der Waals surface area contributed by atoms with E-state index in [0.29, 0.717) is 6.07 Å². The number of halogens is 10. The van der Waals surface area contributed by atoms with Crippen molar-refractivity contribution in [2.24, 2.45) is 0 Å². The summed E-state index contributed by atoms with van der Waals surface area (Å²) in [6.45, 7) is 5.85. The monoisotopic (exact) mass is 813 g/mol. The summed E-state index contributed by atoms with van der Waals surface area (Å²) in [6.07, 6.45) is -22.1. The highest BCUT2D eigenvalue weighted by atomic mass is 19.4. The molecule has 3 aromatic carbocycles. The van der Waals surface area contributed by atoms with E-state index >= 15 is 0 Å². The Labute approximate surface area is 314 Å². The number of carbonyl (C=O) groups is 3. The van der Waals surface area contributed by atoms with Crippen LogP contribution in [0.25, 0.3) is 11.1 Å². The molecular formula is C37H37F10NO8. The summed E-state index contributed by atoms with van der Waals surface area (Å²) in [5, 5.41) is 2.67. The first-order valence-corrected chi connectivity index (χ1v) is 16.7. The lowest BCUT2D eigenvalue weighted by Crippen LogP contribution is -2.40. The number of hydrogen-bond acceptors (Lipinski definition) is 9. The van der Waals surface area contributed by atoms with Crippen LogP contribution in [0.4, 0.5) is 48.7 Å². The van der Waals surface area contributed by atoms with Gasteiger partial charge in [-0.25, -0.2) is 18.8 Å². The highest BCUT2D eigenvalue weighted by Gasteiger charge is 2.40. The molecule has 1 N–H and O–H groups in total. The molecule has 0 aliphatic heterocycles. The van der Waals surface area contributed by atoms with Crippen molar-refractivity contribution in [1.29, 1.82) is 0 Å². The van der Waals surface area contributed by atoms with Crippen molar-refractivity contribution in [2.45, 2.75) is 83.9 Å². The molecule has 0 spiro atoms. The second-order valence-electron chi connectivity index (χ2n) is 12.4. The molecule has 0 saturated heterocycles. The summed E-state index contributed by atoms with van der Waals surface area (Å²) in [6, 6.07) is 3.66. The highest BCUT2D eigenvalue weighted by molar-refractivity contribution is 5.99. The van der Waals surface area contributed by atoms with Crippen LogP contribution in [0.1, 0.15) is 80.0 Å². The van der Waals surface area contributed by atoms with Crippen molar-refractivity contribution in [2.75, 3.05) is 20.3 Å². The van der Waals surface area contributed by atoms with Crippen molar-refractivity contribution < 1.29 is 82.0 Å². The van der Waals surface area contributed by atoms with Crippen LogP contribution in [0.2, 0.25) is 0 Å². The van der Waals surface area contributed by atoms with Crippen LogP contribution in [0.5, 0.6) is 5.75 Å². The maximum Gasteiger partial charge on any atom is 0.510 e. The molecule has 0 aliphatic rings. The van der Waals surface area contributed by atoms with Gasteiger partial charge in [0.25, 0.3) is 6.10 Å². The predicted molar refractivity (Wildman–Crippen MR) is 178 cm³/mol. The fourth-order valence-corrected chi connectivity index (χ4v) is 5.41. The van der Waals surface area contributed by atoms with Crippen LogP contribution in [0, 0.1) is 5.82 Å². The van der Waals surface area contributed by atoms with E-state index in [-0.39, 0.29) is 59.4 Å². The van der Waals surface area contributed by atoms with Crippen molar-refractivity contribution in [3.63, 3.8) is 0 Å². The molecule has 2 atom stereocenters. The Hall–Kier alpha value is -5.07. The number of nitrogens with one attached hydrogen (secondary N) is 1. The number of esters is 2. The first kappa shape index (κ1) is 45.3. The molecule has 3 rings (SSSR count).